The molecule has 1 aliphatic rings. The number of nitrogens with zero attached hydrogens (tertiary/aromatic N) is 4. The summed E-state index contributed by atoms with van der Waals surface area (Å²) in [6.45, 7) is 4.03. The minimum atomic E-state index is -0.539. The van der Waals surface area contributed by atoms with Crippen LogP contribution in [0.5, 0.6) is 5.75 Å². The Bertz CT molecular complexity index is 1060. The fraction of sp³-hybridized carbons (Fsp3) is 0.364. The third kappa shape index (κ3) is 5.27. The number of benzene rings is 1. The highest BCUT2D eigenvalue weighted by Gasteiger charge is 2.22. The number of nitrogens with one attached hydrogen (secondary N) is 1. The molecule has 0 aliphatic carbocycles. The van der Waals surface area contributed by atoms with E-state index in [1.807, 2.05) is 0 Å². The lowest BCUT2D eigenvalue weighted by molar-refractivity contribution is -0.122. The van der Waals surface area contributed by atoms with Crippen molar-refractivity contribution >= 4 is 23.1 Å². The van der Waals surface area contributed by atoms with Crippen molar-refractivity contribution in [2.75, 3.05) is 31.6 Å². The van der Waals surface area contributed by atoms with E-state index < -0.39 is 5.82 Å². The molecular formula is C22H26FN5O4. The van der Waals surface area contributed by atoms with Crippen LogP contribution in [0.2, 0.25) is 0 Å². The van der Waals surface area contributed by atoms with Gasteiger partial charge in [0, 0.05) is 42.3 Å². The normalized spacial score (nSPS) is 16.3. The summed E-state index contributed by atoms with van der Waals surface area (Å²) in [4.78, 5) is 14.8. The average Bonchev–Trinajstić information content (AvgIpc) is 2.75. The molecule has 0 radical (unpaired) electrons. The first kappa shape index (κ1) is 23.3. The second kappa shape index (κ2) is 10.8. The van der Waals surface area contributed by atoms with E-state index >= 15 is 0 Å². The summed E-state index contributed by atoms with van der Waals surface area (Å²) < 4.78 is 14.6. The largest absolute Gasteiger partial charge is 0.507 e. The van der Waals surface area contributed by atoms with Gasteiger partial charge in [-0.05, 0) is 50.1 Å². The van der Waals surface area contributed by atoms with Crippen molar-refractivity contribution in [3.8, 4) is 17.0 Å². The molecule has 0 saturated carbocycles. The van der Waals surface area contributed by atoms with Gasteiger partial charge < -0.3 is 20.6 Å². The number of aliphatic hydroxyl groups excluding tert-OH is 1. The molecule has 10 heteroatoms. The number of halogens is 1. The molecule has 9 nitrogen and oxygen atoms in total. The van der Waals surface area contributed by atoms with Crippen LogP contribution in [0.4, 0.5) is 10.2 Å². The van der Waals surface area contributed by atoms with Crippen molar-refractivity contribution in [1.29, 1.82) is 0 Å². The lowest BCUT2D eigenvalue weighted by Crippen LogP contribution is -2.43. The maximum absolute atomic E-state index is 14.6. The smallest absolute Gasteiger partial charge is 0.290 e. The zero-order valence-corrected chi connectivity index (χ0v) is 17.7. The Morgan fingerprint density at radius 1 is 1.31 bits per heavy atom. The van der Waals surface area contributed by atoms with Gasteiger partial charge in [-0.2, -0.15) is 0 Å². The molecule has 32 heavy (non-hydrogen) atoms. The molecule has 2 aromatic heterocycles. The van der Waals surface area contributed by atoms with Gasteiger partial charge in [0.15, 0.2) is 5.82 Å². The summed E-state index contributed by atoms with van der Waals surface area (Å²) in [5, 5.41) is 39.8. The van der Waals surface area contributed by atoms with Crippen molar-refractivity contribution in [1.82, 2.24) is 20.1 Å². The van der Waals surface area contributed by atoms with Gasteiger partial charge in [-0.3, -0.25) is 14.7 Å². The molecule has 0 bridgehead atoms. The Kier molecular flexibility index (Phi) is 7.85. The van der Waals surface area contributed by atoms with Crippen LogP contribution in [0.1, 0.15) is 18.4 Å². The standard InChI is InChI=1S/C21H24FN5O2.CH2O2/c1-13-9-17(22)19(18(29)10-13)20-15-4-5-23-11-16(15)21(26-25-20)24-14-3-2-6-27(12-14)7-8-28;2-1-3/h4-5,9-11,14,28-29H,2-3,6-8,12H2,1H3,(H,24,26);1H,(H,2,3)/t14-;/m1./s1. The van der Waals surface area contributed by atoms with E-state index in [0.29, 0.717) is 23.3 Å². The van der Waals surface area contributed by atoms with E-state index in [0.717, 1.165) is 31.3 Å². The number of carboxylic acid groups (broad SMARTS) is 1. The Morgan fingerprint density at radius 2 is 2.09 bits per heavy atom. The molecule has 170 valence electrons. The van der Waals surface area contributed by atoms with E-state index in [4.69, 9.17) is 9.90 Å². The van der Waals surface area contributed by atoms with Crippen molar-refractivity contribution in [2.45, 2.75) is 25.8 Å². The van der Waals surface area contributed by atoms with Gasteiger partial charge in [-0.15, -0.1) is 10.2 Å². The van der Waals surface area contributed by atoms with E-state index in [1.165, 1.54) is 12.1 Å². The third-order valence-corrected chi connectivity index (χ3v) is 5.29. The van der Waals surface area contributed by atoms with Crippen LogP contribution in [0, 0.1) is 12.7 Å². The topological polar surface area (TPSA) is 132 Å². The molecule has 3 heterocycles. The number of piperidine rings is 1. The molecule has 0 unspecified atom stereocenters. The number of carbonyl (C=O) groups is 1. The number of likely N-dealkylation sites (tertiary alicyclic amines) is 1. The molecule has 0 amide bonds. The molecule has 1 fully saturated rings. The van der Waals surface area contributed by atoms with Gasteiger partial charge in [0.05, 0.1) is 12.2 Å². The third-order valence-electron chi connectivity index (χ3n) is 5.29. The van der Waals surface area contributed by atoms with Crippen LogP contribution in [0.25, 0.3) is 22.0 Å². The summed E-state index contributed by atoms with van der Waals surface area (Å²) in [5.74, 6) is -0.121. The number of fused-ring (bicyclic) bond motifs is 1. The zero-order valence-electron chi connectivity index (χ0n) is 17.7. The molecule has 3 aromatic rings. The van der Waals surface area contributed by atoms with Crippen molar-refractivity contribution in [3.05, 3.63) is 42.0 Å². The van der Waals surface area contributed by atoms with E-state index in [2.05, 4.69) is 25.4 Å². The van der Waals surface area contributed by atoms with Crippen LogP contribution >= 0.6 is 0 Å². The fourth-order valence-electron chi connectivity index (χ4n) is 3.96. The minimum Gasteiger partial charge on any atom is -0.507 e. The van der Waals surface area contributed by atoms with E-state index in [1.54, 1.807) is 25.4 Å². The van der Waals surface area contributed by atoms with Gasteiger partial charge in [0.1, 0.15) is 17.3 Å². The van der Waals surface area contributed by atoms with Crippen LogP contribution < -0.4 is 5.32 Å². The lowest BCUT2D eigenvalue weighted by Gasteiger charge is -2.33. The van der Waals surface area contributed by atoms with Gasteiger partial charge >= 0.3 is 0 Å². The second-order valence-corrected chi connectivity index (χ2v) is 7.57. The number of aromatic nitrogens is 3. The molecule has 1 aliphatic heterocycles. The predicted molar refractivity (Wildman–Crippen MR) is 118 cm³/mol. The van der Waals surface area contributed by atoms with Crippen LogP contribution in [-0.2, 0) is 4.79 Å². The van der Waals surface area contributed by atoms with Crippen LogP contribution in [-0.4, -0.2) is 74.2 Å². The van der Waals surface area contributed by atoms with Crippen LogP contribution in [0.3, 0.4) is 0 Å². The molecule has 4 N–H and O–H groups in total. The highest BCUT2D eigenvalue weighted by atomic mass is 19.1. The Morgan fingerprint density at radius 3 is 2.81 bits per heavy atom. The number of phenols is 1. The predicted octanol–water partition coefficient (Wildman–Crippen LogP) is 2.41. The molecule has 1 aromatic carbocycles. The number of anilines is 1. The SMILES string of the molecule is Cc1cc(O)c(-c2nnc(N[C@@H]3CCCN(CCO)C3)c3cnccc23)c(F)c1.O=CO. The van der Waals surface area contributed by atoms with Crippen molar-refractivity contribution < 1.29 is 24.5 Å². The molecule has 1 atom stereocenters. The minimum absolute atomic E-state index is 0.0395. The number of rotatable bonds is 5. The number of hydrogen-bond acceptors (Lipinski definition) is 8. The molecule has 0 spiro atoms. The lowest BCUT2D eigenvalue weighted by atomic mass is 10.0. The first-order valence-corrected chi connectivity index (χ1v) is 10.3. The van der Waals surface area contributed by atoms with Crippen molar-refractivity contribution in [2.24, 2.45) is 0 Å². The van der Waals surface area contributed by atoms with Gasteiger partial charge in [-0.1, -0.05) is 0 Å². The monoisotopic (exact) mass is 443 g/mol. The summed E-state index contributed by atoms with van der Waals surface area (Å²) in [6.07, 6.45) is 5.31. The fourth-order valence-corrected chi connectivity index (χ4v) is 3.96. The summed E-state index contributed by atoms with van der Waals surface area (Å²) in [5.41, 5.74) is 0.955. The van der Waals surface area contributed by atoms with Crippen LogP contribution in [0.15, 0.2) is 30.6 Å². The Balaban J connectivity index is 0.000000913. The summed E-state index contributed by atoms with van der Waals surface area (Å²) in [7, 11) is 0. The molecular weight excluding hydrogens is 417 g/mol. The van der Waals surface area contributed by atoms with E-state index in [-0.39, 0.29) is 36.1 Å². The number of aryl methyl sites for hydroxylation is 1. The first-order chi connectivity index (χ1) is 15.5. The Hall–Kier alpha value is -3.37. The maximum Gasteiger partial charge on any atom is 0.290 e. The number of phenolic OH excluding ortho intramolecular Hbond substituents is 1. The van der Waals surface area contributed by atoms with Crippen molar-refractivity contribution in [3.63, 3.8) is 0 Å². The van der Waals surface area contributed by atoms with Gasteiger partial charge in [-0.25, -0.2) is 4.39 Å². The first-order valence-electron chi connectivity index (χ1n) is 10.3. The van der Waals surface area contributed by atoms with Gasteiger partial charge in [0.2, 0.25) is 0 Å². The highest BCUT2D eigenvalue weighted by molar-refractivity contribution is 6.00. The number of pyridine rings is 1. The molecule has 1 saturated heterocycles. The number of β-amino-alcohol motifs (C(OH)–C–C–N with tert-alkyl or cyclic N) is 1. The van der Waals surface area contributed by atoms with Gasteiger partial charge in [0.25, 0.3) is 6.47 Å². The highest BCUT2D eigenvalue weighted by Crippen LogP contribution is 2.37. The summed E-state index contributed by atoms with van der Waals surface area (Å²) >= 11 is 0. The quantitative estimate of drug-likeness (QED) is 0.439. The second-order valence-electron chi connectivity index (χ2n) is 7.57. The molecule has 4 rings (SSSR count). The summed E-state index contributed by atoms with van der Waals surface area (Å²) in [6, 6.07) is 4.80. The number of aromatic hydroxyl groups is 1. The number of aliphatic hydroxyl groups is 1. The number of hydrogen-bond donors (Lipinski definition) is 4. The Labute approximate surface area is 184 Å². The van der Waals surface area contributed by atoms with E-state index in [9.17, 15) is 14.6 Å². The average molecular weight is 443 g/mol. The zero-order chi connectivity index (χ0) is 23.1. The maximum atomic E-state index is 14.6.